The van der Waals surface area contributed by atoms with E-state index in [1.54, 1.807) is 37.3 Å². The van der Waals surface area contributed by atoms with Gasteiger partial charge in [0.25, 0.3) is 0 Å². The third-order valence-electron chi connectivity index (χ3n) is 3.27. The van der Waals surface area contributed by atoms with Crippen LogP contribution in [-0.2, 0) is 20.7 Å². The van der Waals surface area contributed by atoms with Crippen molar-refractivity contribution < 1.29 is 14.3 Å². The quantitative estimate of drug-likeness (QED) is 0.837. The average molecular weight is 332 g/mol. The smallest absolute Gasteiger partial charge is 0.310 e. The molecule has 23 heavy (non-hydrogen) atoms. The Kier molecular flexibility index (Phi) is 5.77. The van der Waals surface area contributed by atoms with E-state index in [4.69, 9.17) is 16.3 Å². The second-order valence-corrected chi connectivity index (χ2v) is 5.62. The molecule has 0 heterocycles. The van der Waals surface area contributed by atoms with Crippen LogP contribution in [0, 0.1) is 0 Å². The number of hydrogen-bond donors (Lipinski definition) is 1. The van der Waals surface area contributed by atoms with Gasteiger partial charge in [-0.25, -0.2) is 0 Å². The van der Waals surface area contributed by atoms with Gasteiger partial charge in [0.05, 0.1) is 6.42 Å². The minimum absolute atomic E-state index is 0.134. The lowest BCUT2D eigenvalue weighted by Crippen LogP contribution is -2.12. The predicted molar refractivity (Wildman–Crippen MR) is 90.4 cm³/mol. The van der Waals surface area contributed by atoms with E-state index in [-0.39, 0.29) is 18.3 Å². The van der Waals surface area contributed by atoms with Crippen molar-refractivity contribution in [3.63, 3.8) is 0 Å². The van der Waals surface area contributed by atoms with Crippen LogP contribution >= 0.6 is 11.6 Å². The predicted octanol–water partition coefficient (Wildman–Crippen LogP) is 4.15. The third kappa shape index (κ3) is 5.11. The molecule has 0 fully saturated rings. The fourth-order valence-electron chi connectivity index (χ4n) is 2.18. The molecule has 2 aromatic rings. The van der Waals surface area contributed by atoms with Crippen LogP contribution in [-0.4, -0.2) is 11.9 Å². The van der Waals surface area contributed by atoms with Crippen molar-refractivity contribution in [1.29, 1.82) is 0 Å². The molecule has 0 radical (unpaired) electrons. The number of carbonyl (C=O) groups is 2. The van der Waals surface area contributed by atoms with Crippen LogP contribution in [0.15, 0.2) is 48.5 Å². The summed E-state index contributed by atoms with van der Waals surface area (Å²) in [6.07, 6.45) is -0.246. The molecule has 1 N–H and O–H groups in total. The number of ether oxygens (including phenoxy) is 1. The molecule has 1 amide bonds. The second kappa shape index (κ2) is 7.79. The maximum absolute atomic E-state index is 12.0. The topological polar surface area (TPSA) is 55.4 Å². The van der Waals surface area contributed by atoms with Crippen LogP contribution in [0.1, 0.15) is 31.1 Å². The number of amides is 1. The highest BCUT2D eigenvalue weighted by Crippen LogP contribution is 2.25. The molecular weight excluding hydrogens is 314 g/mol. The standard InChI is InChI=1S/C18H18ClNO3/c1-12(16-5-3-4-6-17(16)19)23-18(22)11-14-7-9-15(10-8-14)20-13(2)21/h3-10,12H,11H2,1-2H3,(H,20,21)/t12-/m1/s1. The van der Waals surface area contributed by atoms with Gasteiger partial charge in [-0.1, -0.05) is 41.9 Å². The van der Waals surface area contributed by atoms with Crippen molar-refractivity contribution in [2.24, 2.45) is 0 Å². The highest BCUT2D eigenvalue weighted by Gasteiger charge is 2.14. The van der Waals surface area contributed by atoms with E-state index >= 15 is 0 Å². The normalized spacial score (nSPS) is 11.6. The summed E-state index contributed by atoms with van der Waals surface area (Å²) in [4.78, 5) is 23.0. The third-order valence-corrected chi connectivity index (χ3v) is 3.62. The zero-order valence-electron chi connectivity index (χ0n) is 13.0. The summed E-state index contributed by atoms with van der Waals surface area (Å²) in [7, 11) is 0. The monoisotopic (exact) mass is 331 g/mol. The molecule has 0 aliphatic rings. The molecular formula is C18H18ClNO3. The van der Waals surface area contributed by atoms with Crippen molar-refractivity contribution in [2.45, 2.75) is 26.4 Å². The molecule has 0 aromatic heterocycles. The van der Waals surface area contributed by atoms with Gasteiger partial charge in [-0.05, 0) is 30.7 Å². The van der Waals surface area contributed by atoms with Gasteiger partial charge in [0.1, 0.15) is 6.10 Å². The first-order chi connectivity index (χ1) is 11.0. The molecule has 0 aliphatic heterocycles. The summed E-state index contributed by atoms with van der Waals surface area (Å²) < 4.78 is 5.42. The summed E-state index contributed by atoms with van der Waals surface area (Å²) in [5.41, 5.74) is 2.29. The highest BCUT2D eigenvalue weighted by atomic mass is 35.5. The largest absolute Gasteiger partial charge is 0.457 e. The van der Waals surface area contributed by atoms with Crippen LogP contribution in [0.2, 0.25) is 5.02 Å². The minimum Gasteiger partial charge on any atom is -0.457 e. The molecule has 4 nitrogen and oxygen atoms in total. The van der Waals surface area contributed by atoms with E-state index in [9.17, 15) is 9.59 Å². The maximum Gasteiger partial charge on any atom is 0.310 e. The summed E-state index contributed by atoms with van der Waals surface area (Å²) in [6.45, 7) is 3.24. The Morgan fingerprint density at radius 3 is 2.39 bits per heavy atom. The molecule has 1 atom stereocenters. The van der Waals surface area contributed by atoms with E-state index in [0.717, 1.165) is 11.1 Å². The van der Waals surface area contributed by atoms with Crippen molar-refractivity contribution in [3.8, 4) is 0 Å². The number of benzene rings is 2. The Morgan fingerprint density at radius 1 is 1.13 bits per heavy atom. The van der Waals surface area contributed by atoms with E-state index < -0.39 is 6.10 Å². The summed E-state index contributed by atoms with van der Waals surface area (Å²) in [5.74, 6) is -0.463. The van der Waals surface area contributed by atoms with Gasteiger partial charge in [0.2, 0.25) is 5.91 Å². The zero-order chi connectivity index (χ0) is 16.8. The van der Waals surface area contributed by atoms with Gasteiger partial charge in [-0.15, -0.1) is 0 Å². The number of carbonyl (C=O) groups excluding carboxylic acids is 2. The number of anilines is 1. The average Bonchev–Trinajstić information content (AvgIpc) is 2.49. The van der Waals surface area contributed by atoms with Crippen molar-refractivity contribution in [1.82, 2.24) is 0 Å². The van der Waals surface area contributed by atoms with Gasteiger partial charge in [0, 0.05) is 23.2 Å². The van der Waals surface area contributed by atoms with E-state index in [1.807, 2.05) is 18.2 Å². The Labute approximate surface area is 140 Å². The molecule has 0 saturated heterocycles. The number of hydrogen-bond acceptors (Lipinski definition) is 3. The zero-order valence-corrected chi connectivity index (χ0v) is 13.8. The SMILES string of the molecule is CC(=O)Nc1ccc(CC(=O)O[C@H](C)c2ccccc2Cl)cc1. The summed E-state index contributed by atoms with van der Waals surface area (Å²) in [5, 5.41) is 3.25. The van der Waals surface area contributed by atoms with Gasteiger partial charge in [0.15, 0.2) is 0 Å². The van der Waals surface area contributed by atoms with Crippen molar-refractivity contribution >= 4 is 29.2 Å². The van der Waals surface area contributed by atoms with Crippen LogP contribution in [0.5, 0.6) is 0 Å². The van der Waals surface area contributed by atoms with Crippen molar-refractivity contribution in [2.75, 3.05) is 5.32 Å². The number of nitrogens with one attached hydrogen (secondary N) is 1. The second-order valence-electron chi connectivity index (χ2n) is 5.21. The lowest BCUT2D eigenvalue weighted by Gasteiger charge is -2.15. The minimum atomic E-state index is -0.408. The molecule has 120 valence electrons. The van der Waals surface area contributed by atoms with Gasteiger partial charge in [-0.3, -0.25) is 9.59 Å². The molecule has 0 aliphatic carbocycles. The van der Waals surface area contributed by atoms with Gasteiger partial charge < -0.3 is 10.1 Å². The molecule has 0 bridgehead atoms. The molecule has 2 rings (SSSR count). The Hall–Kier alpha value is -2.33. The lowest BCUT2D eigenvalue weighted by molar-refractivity contribution is -0.147. The van der Waals surface area contributed by atoms with Crippen LogP contribution in [0.25, 0.3) is 0 Å². The van der Waals surface area contributed by atoms with E-state index in [2.05, 4.69) is 5.32 Å². The summed E-state index contributed by atoms with van der Waals surface area (Å²) in [6, 6.07) is 14.4. The number of halogens is 1. The first kappa shape index (κ1) is 17.0. The molecule has 5 heteroatoms. The Balaban J connectivity index is 1.94. The fourth-order valence-corrected chi connectivity index (χ4v) is 2.47. The lowest BCUT2D eigenvalue weighted by atomic mass is 10.1. The fraction of sp³-hybridized carbons (Fsp3) is 0.222. The van der Waals surface area contributed by atoms with Crippen molar-refractivity contribution in [3.05, 3.63) is 64.7 Å². The molecule has 0 unspecified atom stereocenters. The van der Waals surface area contributed by atoms with Crippen LogP contribution < -0.4 is 5.32 Å². The first-order valence-electron chi connectivity index (χ1n) is 7.26. The number of rotatable bonds is 5. The molecule has 2 aromatic carbocycles. The van der Waals surface area contributed by atoms with Crippen LogP contribution in [0.3, 0.4) is 0 Å². The Morgan fingerprint density at radius 2 is 1.78 bits per heavy atom. The van der Waals surface area contributed by atoms with E-state index in [1.165, 1.54) is 6.92 Å². The van der Waals surface area contributed by atoms with Gasteiger partial charge in [-0.2, -0.15) is 0 Å². The number of esters is 1. The molecule has 0 saturated carbocycles. The molecule has 0 spiro atoms. The van der Waals surface area contributed by atoms with Crippen LogP contribution in [0.4, 0.5) is 5.69 Å². The van der Waals surface area contributed by atoms with E-state index in [0.29, 0.717) is 10.7 Å². The first-order valence-corrected chi connectivity index (χ1v) is 7.64. The maximum atomic E-state index is 12.0. The Bertz CT molecular complexity index is 698. The highest BCUT2D eigenvalue weighted by molar-refractivity contribution is 6.31. The van der Waals surface area contributed by atoms with Gasteiger partial charge >= 0.3 is 5.97 Å². The summed E-state index contributed by atoms with van der Waals surface area (Å²) >= 11 is 6.10.